The lowest BCUT2D eigenvalue weighted by atomic mass is 9.96. The van der Waals surface area contributed by atoms with Gasteiger partial charge in [0.15, 0.2) is 0 Å². The predicted molar refractivity (Wildman–Crippen MR) is 101 cm³/mol. The number of piperidine rings is 1. The van der Waals surface area contributed by atoms with Crippen molar-refractivity contribution in [2.75, 3.05) is 45.2 Å². The van der Waals surface area contributed by atoms with Gasteiger partial charge in [0.2, 0.25) is 11.8 Å². The van der Waals surface area contributed by atoms with Gasteiger partial charge in [-0.3, -0.25) is 9.59 Å². The molecule has 0 radical (unpaired) electrons. The zero-order valence-electron chi connectivity index (χ0n) is 16.0. The van der Waals surface area contributed by atoms with E-state index in [-0.39, 0.29) is 24.2 Å². The van der Waals surface area contributed by atoms with Crippen molar-refractivity contribution in [1.29, 1.82) is 0 Å². The number of hydrogen-bond donors (Lipinski definition) is 1. The van der Waals surface area contributed by atoms with Gasteiger partial charge in [-0.1, -0.05) is 6.07 Å². The van der Waals surface area contributed by atoms with Gasteiger partial charge >= 0.3 is 0 Å². The molecule has 2 aliphatic rings. The summed E-state index contributed by atoms with van der Waals surface area (Å²) in [6, 6.07) is 5.79. The quantitative estimate of drug-likeness (QED) is 0.871. The summed E-state index contributed by atoms with van der Waals surface area (Å²) >= 11 is 0. The smallest absolute Gasteiger partial charge is 0.228 e. The van der Waals surface area contributed by atoms with Gasteiger partial charge in [-0.15, -0.1) is 0 Å². The standard InChI is InChI=1S/C20H29N3O3/c1-14-6-7-18(26-3)17(9-14)23-13-16(10-19(23)24)20(25)22-8-4-5-15(12-22)11-21-2/h6-7,9,15-16,21H,4-5,8,10-13H2,1-3H3. The molecular weight excluding hydrogens is 330 g/mol. The highest BCUT2D eigenvalue weighted by Gasteiger charge is 2.39. The van der Waals surface area contributed by atoms with Gasteiger partial charge in [0.25, 0.3) is 0 Å². The molecule has 6 nitrogen and oxygen atoms in total. The molecule has 2 atom stereocenters. The molecule has 2 amide bonds. The molecule has 2 unspecified atom stereocenters. The number of likely N-dealkylation sites (tertiary alicyclic amines) is 1. The number of carbonyl (C=O) groups excluding carboxylic acids is 2. The van der Waals surface area contributed by atoms with Crippen LogP contribution in [-0.4, -0.2) is 57.1 Å². The minimum atomic E-state index is -0.263. The molecule has 2 saturated heterocycles. The molecule has 2 heterocycles. The molecule has 142 valence electrons. The maximum atomic E-state index is 13.0. The zero-order valence-corrected chi connectivity index (χ0v) is 16.0. The van der Waals surface area contributed by atoms with Crippen LogP contribution in [0, 0.1) is 18.8 Å². The van der Waals surface area contributed by atoms with Gasteiger partial charge in [0, 0.05) is 26.1 Å². The summed E-state index contributed by atoms with van der Waals surface area (Å²) in [5.41, 5.74) is 1.83. The van der Waals surface area contributed by atoms with Crippen LogP contribution in [-0.2, 0) is 9.59 Å². The Hall–Kier alpha value is -2.08. The number of hydrogen-bond acceptors (Lipinski definition) is 4. The Balaban J connectivity index is 1.71. The molecule has 0 bridgehead atoms. The molecule has 0 saturated carbocycles. The van der Waals surface area contributed by atoms with E-state index >= 15 is 0 Å². The van der Waals surface area contributed by atoms with E-state index in [4.69, 9.17) is 4.74 Å². The first-order chi connectivity index (χ1) is 12.5. The van der Waals surface area contributed by atoms with Crippen molar-refractivity contribution >= 4 is 17.5 Å². The van der Waals surface area contributed by atoms with E-state index in [1.165, 1.54) is 0 Å². The number of anilines is 1. The first-order valence-electron chi connectivity index (χ1n) is 9.42. The van der Waals surface area contributed by atoms with Crippen molar-refractivity contribution in [2.45, 2.75) is 26.2 Å². The average Bonchev–Trinajstić information content (AvgIpc) is 3.03. The second-order valence-electron chi connectivity index (χ2n) is 7.43. The summed E-state index contributed by atoms with van der Waals surface area (Å²) in [5.74, 6) is 1.03. The van der Waals surface area contributed by atoms with E-state index in [1.54, 1.807) is 12.0 Å². The van der Waals surface area contributed by atoms with Gasteiger partial charge in [-0.05, 0) is 57.0 Å². The SMILES string of the molecule is CNCC1CCCN(C(=O)C2CC(=O)N(c3cc(C)ccc3OC)C2)C1. The first kappa shape index (κ1) is 18.7. The van der Waals surface area contributed by atoms with Crippen LogP contribution in [0.15, 0.2) is 18.2 Å². The van der Waals surface area contributed by atoms with Crippen LogP contribution >= 0.6 is 0 Å². The Morgan fingerprint density at radius 3 is 2.88 bits per heavy atom. The minimum Gasteiger partial charge on any atom is -0.495 e. The van der Waals surface area contributed by atoms with Crippen LogP contribution in [0.2, 0.25) is 0 Å². The number of amides is 2. The topological polar surface area (TPSA) is 61.9 Å². The van der Waals surface area contributed by atoms with Crippen molar-refractivity contribution < 1.29 is 14.3 Å². The van der Waals surface area contributed by atoms with E-state index in [1.807, 2.05) is 37.1 Å². The molecule has 26 heavy (non-hydrogen) atoms. The largest absolute Gasteiger partial charge is 0.495 e. The number of ether oxygens (including phenoxy) is 1. The number of benzene rings is 1. The van der Waals surface area contributed by atoms with Gasteiger partial charge in [-0.25, -0.2) is 0 Å². The minimum absolute atomic E-state index is 0.00367. The predicted octanol–water partition coefficient (Wildman–Crippen LogP) is 1.81. The monoisotopic (exact) mass is 359 g/mol. The lowest BCUT2D eigenvalue weighted by Crippen LogP contribution is -2.45. The molecule has 2 fully saturated rings. The Labute approximate surface area is 155 Å². The summed E-state index contributed by atoms with van der Waals surface area (Å²) in [5, 5.41) is 3.21. The van der Waals surface area contributed by atoms with Gasteiger partial charge in [0.1, 0.15) is 5.75 Å². The number of nitrogens with zero attached hydrogens (tertiary/aromatic N) is 2. The van der Waals surface area contributed by atoms with E-state index in [0.29, 0.717) is 18.2 Å². The molecule has 3 rings (SSSR count). The van der Waals surface area contributed by atoms with Gasteiger partial charge < -0.3 is 19.9 Å². The third-order valence-corrected chi connectivity index (χ3v) is 5.42. The van der Waals surface area contributed by atoms with Crippen LogP contribution in [0.5, 0.6) is 5.75 Å². The molecule has 0 aliphatic carbocycles. The zero-order chi connectivity index (χ0) is 18.7. The fourth-order valence-electron chi connectivity index (χ4n) is 4.10. The Morgan fingerprint density at radius 1 is 1.35 bits per heavy atom. The summed E-state index contributed by atoms with van der Waals surface area (Å²) in [6.07, 6.45) is 2.47. The van der Waals surface area contributed by atoms with Crippen molar-refractivity contribution in [2.24, 2.45) is 11.8 Å². The summed E-state index contributed by atoms with van der Waals surface area (Å²) in [6.45, 7) is 4.95. The third-order valence-electron chi connectivity index (χ3n) is 5.42. The molecule has 0 spiro atoms. The second-order valence-corrected chi connectivity index (χ2v) is 7.43. The highest BCUT2D eigenvalue weighted by molar-refractivity contribution is 6.01. The molecule has 2 aliphatic heterocycles. The van der Waals surface area contributed by atoms with Crippen LogP contribution in [0.3, 0.4) is 0 Å². The number of aryl methyl sites for hydroxylation is 1. The van der Waals surface area contributed by atoms with E-state index < -0.39 is 0 Å². The van der Waals surface area contributed by atoms with E-state index in [9.17, 15) is 9.59 Å². The Bertz CT molecular complexity index is 674. The Kier molecular flexibility index (Phi) is 5.81. The molecule has 1 N–H and O–H groups in total. The molecule has 0 aromatic heterocycles. The highest BCUT2D eigenvalue weighted by Crippen LogP contribution is 2.34. The second kappa shape index (κ2) is 8.08. The molecule has 6 heteroatoms. The van der Waals surface area contributed by atoms with Crippen molar-refractivity contribution in [1.82, 2.24) is 10.2 Å². The maximum absolute atomic E-state index is 13.0. The molecule has 1 aromatic rings. The summed E-state index contributed by atoms with van der Waals surface area (Å²) in [4.78, 5) is 29.3. The van der Waals surface area contributed by atoms with E-state index in [2.05, 4.69) is 5.32 Å². The lowest BCUT2D eigenvalue weighted by molar-refractivity contribution is -0.137. The first-order valence-corrected chi connectivity index (χ1v) is 9.42. The molecular formula is C20H29N3O3. The normalized spacial score (nSPS) is 23.4. The van der Waals surface area contributed by atoms with Crippen LogP contribution in [0.1, 0.15) is 24.8 Å². The van der Waals surface area contributed by atoms with Crippen LogP contribution in [0.25, 0.3) is 0 Å². The highest BCUT2D eigenvalue weighted by atomic mass is 16.5. The summed E-state index contributed by atoms with van der Waals surface area (Å²) < 4.78 is 5.42. The summed E-state index contributed by atoms with van der Waals surface area (Å²) in [7, 11) is 3.55. The number of carbonyl (C=O) groups is 2. The van der Waals surface area contributed by atoms with Crippen molar-refractivity contribution in [3.8, 4) is 5.75 Å². The average molecular weight is 359 g/mol. The third kappa shape index (κ3) is 3.85. The number of methoxy groups -OCH3 is 1. The van der Waals surface area contributed by atoms with Gasteiger partial charge in [0.05, 0.1) is 18.7 Å². The Morgan fingerprint density at radius 2 is 2.15 bits per heavy atom. The van der Waals surface area contributed by atoms with E-state index in [0.717, 1.165) is 43.7 Å². The maximum Gasteiger partial charge on any atom is 0.228 e. The number of rotatable bonds is 5. The fraction of sp³-hybridized carbons (Fsp3) is 0.600. The van der Waals surface area contributed by atoms with Gasteiger partial charge in [-0.2, -0.15) is 0 Å². The lowest BCUT2D eigenvalue weighted by Gasteiger charge is -2.34. The molecule has 1 aromatic carbocycles. The fourth-order valence-corrected chi connectivity index (χ4v) is 4.10. The van der Waals surface area contributed by atoms with Crippen molar-refractivity contribution in [3.05, 3.63) is 23.8 Å². The van der Waals surface area contributed by atoms with Crippen LogP contribution < -0.4 is 15.0 Å². The number of nitrogens with one attached hydrogen (secondary N) is 1. The van der Waals surface area contributed by atoms with Crippen molar-refractivity contribution in [3.63, 3.8) is 0 Å². The van der Waals surface area contributed by atoms with Crippen LogP contribution in [0.4, 0.5) is 5.69 Å².